The quantitative estimate of drug-likeness (QED) is 0.108. The Balaban J connectivity index is 1.05. The molecule has 10 heteroatoms. The summed E-state index contributed by atoms with van der Waals surface area (Å²) in [7, 11) is 0. The molecule has 0 amide bonds. The second-order valence-corrected chi connectivity index (χ2v) is 20.7. The highest BCUT2D eigenvalue weighted by atomic mass is 16.5. The van der Waals surface area contributed by atoms with Gasteiger partial charge in [0, 0.05) is 38.8 Å². The van der Waals surface area contributed by atoms with E-state index in [4.69, 9.17) is 24.2 Å². The van der Waals surface area contributed by atoms with Crippen molar-refractivity contribution in [1.29, 1.82) is 0 Å². The molecular formula is C69H58N4O6. The highest BCUT2D eigenvalue weighted by Gasteiger charge is 2.21. The molecule has 10 nitrogen and oxygen atoms in total. The maximum atomic E-state index is 13.5. The molecule has 2 aliphatic heterocycles. The molecule has 0 unspecified atom stereocenters. The second kappa shape index (κ2) is 20.7. The lowest BCUT2D eigenvalue weighted by Gasteiger charge is -2.10. The number of esters is 3. The number of rotatable bonds is 9. The molecule has 0 atom stereocenters. The minimum atomic E-state index is -0.436. The molecule has 0 fully saturated rings. The van der Waals surface area contributed by atoms with Crippen LogP contribution in [0.5, 0.6) is 17.2 Å². The summed E-state index contributed by atoms with van der Waals surface area (Å²) in [5.74, 6) is -0.0550. The van der Waals surface area contributed by atoms with Gasteiger partial charge in [0.15, 0.2) is 0 Å². The van der Waals surface area contributed by atoms with Gasteiger partial charge in [-0.2, -0.15) is 0 Å². The number of fused-ring (bicyclic) bond motifs is 8. The Morgan fingerprint density at radius 3 is 0.873 bits per heavy atom. The van der Waals surface area contributed by atoms with Gasteiger partial charge >= 0.3 is 17.9 Å². The number of carbonyl (C=O) groups is 3. The molecule has 6 aromatic carbocycles. The van der Waals surface area contributed by atoms with Crippen LogP contribution in [0, 0.1) is 69.2 Å². The number of nitrogens with zero attached hydrogens (tertiary/aromatic N) is 2. The molecule has 390 valence electrons. The Hall–Kier alpha value is -9.67. The third kappa shape index (κ3) is 10.1. The van der Waals surface area contributed by atoms with Crippen LogP contribution in [0.1, 0.15) is 109 Å². The van der Waals surface area contributed by atoms with Gasteiger partial charge in [0.2, 0.25) is 0 Å². The van der Waals surface area contributed by atoms with E-state index in [1.807, 2.05) is 209 Å². The van der Waals surface area contributed by atoms with Crippen LogP contribution in [0.15, 0.2) is 133 Å². The van der Waals surface area contributed by atoms with Crippen molar-refractivity contribution < 1.29 is 28.6 Å². The summed E-state index contributed by atoms with van der Waals surface area (Å²) in [4.78, 5) is 58.5. The van der Waals surface area contributed by atoms with Gasteiger partial charge in [-0.3, -0.25) is 0 Å². The summed E-state index contributed by atoms with van der Waals surface area (Å²) < 4.78 is 17.8. The van der Waals surface area contributed by atoms with Crippen LogP contribution in [0.2, 0.25) is 0 Å². The number of hydrogen-bond acceptors (Lipinski definition) is 8. The fraction of sp³-hybridized carbons (Fsp3) is 0.145. The van der Waals surface area contributed by atoms with Crippen LogP contribution in [0.4, 0.5) is 0 Å². The molecule has 5 heterocycles. The van der Waals surface area contributed by atoms with Crippen LogP contribution >= 0.6 is 0 Å². The van der Waals surface area contributed by atoms with E-state index in [1.165, 1.54) is 0 Å². The van der Waals surface area contributed by atoms with Gasteiger partial charge in [0.05, 0.1) is 39.5 Å². The summed E-state index contributed by atoms with van der Waals surface area (Å²) in [6.07, 6.45) is 8.07. The highest BCUT2D eigenvalue weighted by molar-refractivity contribution is 5.99. The maximum absolute atomic E-state index is 13.5. The molecule has 2 aliphatic rings. The molecule has 0 aliphatic carbocycles. The zero-order valence-corrected chi connectivity index (χ0v) is 45.9. The Kier molecular flexibility index (Phi) is 13.5. The summed E-state index contributed by atoms with van der Waals surface area (Å²) in [6, 6.07) is 41.8. The Labute approximate surface area is 459 Å². The van der Waals surface area contributed by atoms with E-state index in [9.17, 15) is 14.4 Å². The predicted molar refractivity (Wildman–Crippen MR) is 317 cm³/mol. The monoisotopic (exact) mass is 1040 g/mol. The number of ether oxygens (including phenoxy) is 3. The summed E-state index contributed by atoms with van der Waals surface area (Å²) >= 11 is 0. The number of aromatic nitrogens is 4. The fourth-order valence-electron chi connectivity index (χ4n) is 10.3. The summed E-state index contributed by atoms with van der Waals surface area (Å²) in [5, 5.41) is 0. The number of hydrogen-bond donors (Lipinski definition) is 2. The van der Waals surface area contributed by atoms with Crippen LogP contribution < -0.4 is 14.2 Å². The Bertz CT molecular complexity index is 4070. The summed E-state index contributed by atoms with van der Waals surface area (Å²) in [6.45, 7) is 20.2. The molecule has 0 saturated carbocycles. The smallest absolute Gasteiger partial charge is 0.343 e. The molecule has 3 aromatic heterocycles. The fourth-order valence-corrected chi connectivity index (χ4v) is 10.3. The van der Waals surface area contributed by atoms with Gasteiger partial charge in [-0.1, -0.05) is 36.4 Å². The third-order valence-electron chi connectivity index (χ3n) is 15.6. The number of aryl methyl sites for hydroxylation is 7. The average Bonchev–Trinajstić information content (AvgIpc) is 4.30. The first-order chi connectivity index (χ1) is 38.0. The molecule has 0 radical (unpaired) electrons. The van der Waals surface area contributed by atoms with Crippen LogP contribution in [0.3, 0.4) is 0 Å². The van der Waals surface area contributed by atoms with Gasteiger partial charge < -0.3 is 24.2 Å². The summed E-state index contributed by atoms with van der Waals surface area (Å²) in [5.41, 5.74) is 23.2. The Morgan fingerprint density at radius 2 is 0.570 bits per heavy atom. The number of carbonyl (C=O) groups excluding carboxylic acids is 3. The van der Waals surface area contributed by atoms with E-state index in [0.717, 1.165) is 122 Å². The van der Waals surface area contributed by atoms with E-state index in [2.05, 4.69) is 16.0 Å². The SMILES string of the molecule is Cc1cc(C(=O)Oc2ccc(-c3c4nc(c(-c5ccc(OC(=O)c6cc(C)c(C)c(C)c6)cc5)c5ccc([nH]5)c(-c5ccc(OC(=O)c6cc(C)c(C)c(C)c6)cc5)c5nc(c(C)c6ccc3[nH]6)C=C5)C=C4)cc2)cc(C)c1C. The van der Waals surface area contributed by atoms with Crippen molar-refractivity contribution in [2.45, 2.75) is 69.2 Å². The minimum absolute atomic E-state index is 0.400. The normalized spacial score (nSPS) is 11.7. The molecule has 0 saturated heterocycles. The van der Waals surface area contributed by atoms with Gasteiger partial charge in [-0.15, -0.1) is 0 Å². The van der Waals surface area contributed by atoms with Crippen LogP contribution in [-0.2, 0) is 0 Å². The number of aromatic amines is 2. The lowest BCUT2D eigenvalue weighted by atomic mass is 10.0. The molecule has 79 heavy (non-hydrogen) atoms. The first-order valence-electron chi connectivity index (χ1n) is 26.3. The lowest BCUT2D eigenvalue weighted by Crippen LogP contribution is -2.09. The maximum Gasteiger partial charge on any atom is 0.343 e. The number of benzene rings is 6. The van der Waals surface area contributed by atoms with Gasteiger partial charge in [-0.05, 0) is 263 Å². The lowest BCUT2D eigenvalue weighted by molar-refractivity contribution is 0.0725. The van der Waals surface area contributed by atoms with Gasteiger partial charge in [0.1, 0.15) is 17.2 Å². The minimum Gasteiger partial charge on any atom is -0.423 e. The first kappa shape index (κ1) is 51.4. The van der Waals surface area contributed by atoms with Crippen molar-refractivity contribution in [3.63, 3.8) is 0 Å². The molecule has 8 bridgehead atoms. The largest absolute Gasteiger partial charge is 0.423 e. The highest BCUT2D eigenvalue weighted by Crippen LogP contribution is 2.38. The van der Waals surface area contributed by atoms with Crippen molar-refractivity contribution in [2.75, 3.05) is 0 Å². The van der Waals surface area contributed by atoms with Crippen LogP contribution in [0.25, 0.3) is 79.8 Å². The van der Waals surface area contributed by atoms with Crippen molar-refractivity contribution in [3.05, 3.63) is 229 Å². The van der Waals surface area contributed by atoms with Gasteiger partial charge in [-0.25, -0.2) is 24.4 Å². The van der Waals surface area contributed by atoms with Crippen molar-refractivity contribution in [3.8, 4) is 50.6 Å². The molecular weight excluding hydrogens is 981 g/mol. The molecule has 0 spiro atoms. The zero-order chi connectivity index (χ0) is 55.4. The first-order valence-corrected chi connectivity index (χ1v) is 26.3. The molecule has 11 rings (SSSR count). The average molecular weight is 1040 g/mol. The van der Waals surface area contributed by atoms with E-state index < -0.39 is 17.9 Å². The van der Waals surface area contributed by atoms with E-state index in [1.54, 1.807) is 12.1 Å². The molecule has 9 aromatic rings. The van der Waals surface area contributed by atoms with Crippen molar-refractivity contribution >= 4 is 64.3 Å². The van der Waals surface area contributed by atoms with Gasteiger partial charge in [0.25, 0.3) is 0 Å². The standard InChI is InChI=1S/C69H58N4O6/c1-37-31-50(32-38(2)43(37)7)67(74)77-53-17-11-47(12-18-53)64-58-25-23-56(70-58)46(10)57-24-26-59(71-57)65(48-13-19-54(20-14-48)78-68(75)51-33-39(3)44(8)40(4)34-51)61-28-30-63(73-61)66(62-29-27-60(64)72-62)49-15-21-55(22-16-49)79-69(76)52-35-41(5)45(9)42(6)36-52/h11-36,70,73H,1-10H3. The van der Waals surface area contributed by atoms with E-state index in [0.29, 0.717) is 45.3 Å². The number of nitrogens with one attached hydrogen (secondary N) is 2. The van der Waals surface area contributed by atoms with E-state index >= 15 is 0 Å². The third-order valence-corrected chi connectivity index (χ3v) is 15.6. The topological polar surface area (TPSA) is 136 Å². The zero-order valence-electron chi connectivity index (χ0n) is 45.9. The van der Waals surface area contributed by atoms with Crippen molar-refractivity contribution in [1.82, 2.24) is 19.9 Å². The number of H-pyrrole nitrogens is 2. The van der Waals surface area contributed by atoms with Crippen molar-refractivity contribution in [2.24, 2.45) is 0 Å². The predicted octanol–water partition coefficient (Wildman–Crippen LogP) is 16.4. The Morgan fingerprint density at radius 1 is 0.316 bits per heavy atom. The van der Waals surface area contributed by atoms with Crippen LogP contribution in [-0.4, -0.2) is 37.8 Å². The molecule has 2 N–H and O–H groups in total. The second-order valence-electron chi connectivity index (χ2n) is 20.7. The van der Waals surface area contributed by atoms with E-state index in [-0.39, 0.29) is 0 Å².